The second-order valence-corrected chi connectivity index (χ2v) is 3.70. The number of nitrogens with two attached hydrogens (primary N) is 1. The first-order valence-electron chi connectivity index (χ1n) is 5.51. The molecule has 0 radical (unpaired) electrons. The van der Waals surface area contributed by atoms with Crippen LogP contribution in [0, 0.1) is 0 Å². The van der Waals surface area contributed by atoms with Crippen LogP contribution in [0.25, 0.3) is 0 Å². The molecule has 0 aliphatic heterocycles. The summed E-state index contributed by atoms with van der Waals surface area (Å²) in [6, 6.07) is 7.04. The molecule has 1 aromatic carbocycles. The van der Waals surface area contributed by atoms with Gasteiger partial charge < -0.3 is 15.8 Å². The SMILES string of the molecule is Nc1ccc(OCCC(=O)Nc2cn[nH]c2)cc1. The van der Waals surface area contributed by atoms with Gasteiger partial charge in [-0.2, -0.15) is 5.10 Å². The summed E-state index contributed by atoms with van der Waals surface area (Å²) >= 11 is 0. The molecule has 0 aliphatic carbocycles. The van der Waals surface area contributed by atoms with Crippen molar-refractivity contribution in [2.45, 2.75) is 6.42 Å². The topological polar surface area (TPSA) is 93.0 Å². The molecular weight excluding hydrogens is 232 g/mol. The summed E-state index contributed by atoms with van der Waals surface area (Å²) in [5, 5.41) is 9.03. The third-order valence-electron chi connectivity index (χ3n) is 2.26. The van der Waals surface area contributed by atoms with Crippen LogP contribution in [0.4, 0.5) is 11.4 Å². The van der Waals surface area contributed by atoms with Crippen molar-refractivity contribution in [1.82, 2.24) is 10.2 Å². The normalized spacial score (nSPS) is 10.0. The van der Waals surface area contributed by atoms with Crippen molar-refractivity contribution >= 4 is 17.3 Å². The van der Waals surface area contributed by atoms with Crippen LogP contribution in [0.1, 0.15) is 6.42 Å². The van der Waals surface area contributed by atoms with Crippen LogP contribution >= 0.6 is 0 Å². The van der Waals surface area contributed by atoms with Gasteiger partial charge in [0.15, 0.2) is 0 Å². The maximum atomic E-state index is 11.5. The highest BCUT2D eigenvalue weighted by molar-refractivity contribution is 5.90. The number of amides is 1. The van der Waals surface area contributed by atoms with E-state index in [0.29, 0.717) is 23.7 Å². The molecule has 18 heavy (non-hydrogen) atoms. The molecule has 0 bridgehead atoms. The minimum atomic E-state index is -0.119. The Morgan fingerprint density at radius 3 is 2.83 bits per heavy atom. The number of carbonyl (C=O) groups excluding carboxylic acids is 1. The first-order chi connectivity index (χ1) is 8.74. The molecule has 1 heterocycles. The largest absolute Gasteiger partial charge is 0.493 e. The van der Waals surface area contributed by atoms with E-state index in [9.17, 15) is 4.79 Å². The molecule has 1 aromatic heterocycles. The van der Waals surface area contributed by atoms with Gasteiger partial charge >= 0.3 is 0 Å². The maximum Gasteiger partial charge on any atom is 0.227 e. The number of benzene rings is 1. The van der Waals surface area contributed by atoms with Crippen LogP contribution in [-0.4, -0.2) is 22.7 Å². The van der Waals surface area contributed by atoms with Crippen LogP contribution in [0.5, 0.6) is 5.75 Å². The van der Waals surface area contributed by atoms with Gasteiger partial charge in [0.1, 0.15) is 5.75 Å². The molecule has 0 saturated heterocycles. The fourth-order valence-electron chi connectivity index (χ4n) is 1.37. The lowest BCUT2D eigenvalue weighted by molar-refractivity contribution is -0.116. The minimum Gasteiger partial charge on any atom is -0.493 e. The lowest BCUT2D eigenvalue weighted by Crippen LogP contribution is -2.14. The maximum absolute atomic E-state index is 11.5. The number of hydrogen-bond donors (Lipinski definition) is 3. The Balaban J connectivity index is 1.72. The van der Waals surface area contributed by atoms with Gasteiger partial charge in [0.05, 0.1) is 24.9 Å². The summed E-state index contributed by atoms with van der Waals surface area (Å²) in [7, 11) is 0. The summed E-state index contributed by atoms with van der Waals surface area (Å²) in [5.41, 5.74) is 6.88. The number of rotatable bonds is 5. The van der Waals surface area contributed by atoms with Gasteiger partial charge in [-0.15, -0.1) is 0 Å². The van der Waals surface area contributed by atoms with E-state index < -0.39 is 0 Å². The lowest BCUT2D eigenvalue weighted by atomic mass is 10.3. The van der Waals surface area contributed by atoms with Gasteiger partial charge in [0.2, 0.25) is 5.91 Å². The molecule has 1 amide bonds. The number of H-pyrrole nitrogens is 1. The molecule has 0 spiro atoms. The van der Waals surface area contributed by atoms with E-state index in [2.05, 4.69) is 15.5 Å². The second kappa shape index (κ2) is 5.72. The first-order valence-corrected chi connectivity index (χ1v) is 5.51. The van der Waals surface area contributed by atoms with E-state index in [4.69, 9.17) is 10.5 Å². The van der Waals surface area contributed by atoms with Crippen molar-refractivity contribution in [3.05, 3.63) is 36.7 Å². The molecule has 0 unspecified atom stereocenters. The molecule has 4 N–H and O–H groups in total. The predicted molar refractivity (Wildman–Crippen MR) is 68.2 cm³/mol. The van der Waals surface area contributed by atoms with Crippen molar-refractivity contribution in [1.29, 1.82) is 0 Å². The Bertz CT molecular complexity index is 493. The zero-order chi connectivity index (χ0) is 12.8. The molecule has 0 saturated carbocycles. The predicted octanol–water partition coefficient (Wildman–Crippen LogP) is 1.40. The molecule has 6 heteroatoms. The van der Waals surface area contributed by atoms with Crippen LogP contribution < -0.4 is 15.8 Å². The standard InChI is InChI=1S/C12H14N4O2/c13-9-1-3-11(4-2-9)18-6-5-12(17)16-10-7-14-15-8-10/h1-4,7-8H,5-6,13H2,(H,14,15)(H,16,17). The lowest BCUT2D eigenvalue weighted by Gasteiger charge is -2.06. The molecule has 6 nitrogen and oxygen atoms in total. The number of anilines is 2. The van der Waals surface area contributed by atoms with Gasteiger partial charge in [-0.05, 0) is 24.3 Å². The Morgan fingerprint density at radius 1 is 1.39 bits per heavy atom. The third kappa shape index (κ3) is 3.51. The molecular formula is C12H14N4O2. The average Bonchev–Trinajstić information content (AvgIpc) is 2.84. The molecule has 94 valence electrons. The van der Waals surface area contributed by atoms with Crippen LogP contribution in [0.3, 0.4) is 0 Å². The Morgan fingerprint density at radius 2 is 2.17 bits per heavy atom. The molecule has 0 atom stereocenters. The Hall–Kier alpha value is -2.50. The van der Waals surface area contributed by atoms with E-state index in [1.54, 1.807) is 36.7 Å². The van der Waals surface area contributed by atoms with E-state index >= 15 is 0 Å². The molecule has 0 aliphatic rings. The number of nitrogens with one attached hydrogen (secondary N) is 2. The van der Waals surface area contributed by atoms with Crippen LogP contribution in [0.2, 0.25) is 0 Å². The Labute approximate surface area is 104 Å². The highest BCUT2D eigenvalue weighted by Gasteiger charge is 2.03. The summed E-state index contributed by atoms with van der Waals surface area (Å²) in [4.78, 5) is 11.5. The highest BCUT2D eigenvalue weighted by Crippen LogP contribution is 2.13. The number of nitrogen functional groups attached to an aromatic ring is 1. The van der Waals surface area contributed by atoms with Crippen LogP contribution in [0.15, 0.2) is 36.7 Å². The highest BCUT2D eigenvalue weighted by atomic mass is 16.5. The van der Waals surface area contributed by atoms with Crippen molar-refractivity contribution in [3.8, 4) is 5.75 Å². The average molecular weight is 246 g/mol. The van der Waals surface area contributed by atoms with Crippen molar-refractivity contribution < 1.29 is 9.53 Å². The fraction of sp³-hybridized carbons (Fsp3) is 0.167. The van der Waals surface area contributed by atoms with Crippen molar-refractivity contribution in [2.75, 3.05) is 17.7 Å². The van der Waals surface area contributed by atoms with E-state index in [-0.39, 0.29) is 12.3 Å². The number of carbonyl (C=O) groups is 1. The van der Waals surface area contributed by atoms with Crippen molar-refractivity contribution in [3.63, 3.8) is 0 Å². The van der Waals surface area contributed by atoms with Gasteiger partial charge in [0.25, 0.3) is 0 Å². The number of nitrogens with zero attached hydrogens (tertiary/aromatic N) is 1. The van der Waals surface area contributed by atoms with Crippen LogP contribution in [-0.2, 0) is 4.79 Å². The summed E-state index contributed by atoms with van der Waals surface area (Å²) in [6.07, 6.45) is 3.42. The van der Waals surface area contributed by atoms with Gasteiger partial charge in [-0.3, -0.25) is 9.89 Å². The first kappa shape index (κ1) is 12.0. The number of aromatic amines is 1. The van der Waals surface area contributed by atoms with Crippen molar-refractivity contribution in [2.24, 2.45) is 0 Å². The van der Waals surface area contributed by atoms with Gasteiger partial charge in [-0.1, -0.05) is 0 Å². The number of hydrogen-bond acceptors (Lipinski definition) is 4. The van der Waals surface area contributed by atoms with E-state index in [0.717, 1.165) is 0 Å². The van der Waals surface area contributed by atoms with E-state index in [1.807, 2.05) is 0 Å². The zero-order valence-corrected chi connectivity index (χ0v) is 9.72. The van der Waals surface area contributed by atoms with Gasteiger partial charge in [-0.25, -0.2) is 0 Å². The summed E-state index contributed by atoms with van der Waals surface area (Å²) < 4.78 is 5.41. The monoisotopic (exact) mass is 246 g/mol. The fourth-order valence-corrected chi connectivity index (χ4v) is 1.37. The number of ether oxygens (including phenoxy) is 1. The zero-order valence-electron chi connectivity index (χ0n) is 9.72. The number of aromatic nitrogens is 2. The van der Waals surface area contributed by atoms with Gasteiger partial charge in [0, 0.05) is 11.9 Å². The Kier molecular flexibility index (Phi) is 3.80. The minimum absolute atomic E-state index is 0.119. The summed E-state index contributed by atoms with van der Waals surface area (Å²) in [5.74, 6) is 0.576. The third-order valence-corrected chi connectivity index (χ3v) is 2.26. The molecule has 0 fully saturated rings. The molecule has 2 rings (SSSR count). The van der Waals surface area contributed by atoms with E-state index in [1.165, 1.54) is 0 Å². The molecule has 2 aromatic rings. The quantitative estimate of drug-likeness (QED) is 0.695. The summed E-state index contributed by atoms with van der Waals surface area (Å²) in [6.45, 7) is 0.313. The second-order valence-electron chi connectivity index (χ2n) is 3.70. The smallest absolute Gasteiger partial charge is 0.227 e.